The molecule has 1 nitrogen and oxygen atoms in total. The number of hydrogen-bond acceptors (Lipinski definition) is 1. The first-order valence-corrected chi connectivity index (χ1v) is 6.72. The molecular weight excluding hydrogens is 281 g/mol. The van der Waals surface area contributed by atoms with Crippen molar-refractivity contribution in [1.82, 2.24) is 5.32 Å². The Morgan fingerprint density at radius 2 is 2.18 bits per heavy atom. The Balaban J connectivity index is 2.95. The fourth-order valence-electron chi connectivity index (χ4n) is 1.75. The quantitative estimate of drug-likeness (QED) is 0.757. The molecule has 94 valence electrons. The van der Waals surface area contributed by atoms with Crippen LogP contribution >= 0.6 is 15.9 Å². The van der Waals surface area contributed by atoms with Gasteiger partial charge in [0.05, 0.1) is 0 Å². The predicted octanol–water partition coefficient (Wildman–Crippen LogP) is 4.60. The molecule has 17 heavy (non-hydrogen) atoms. The summed E-state index contributed by atoms with van der Waals surface area (Å²) in [4.78, 5) is 0. The number of halogens is 2. The molecule has 0 saturated carbocycles. The monoisotopic (exact) mass is 299 g/mol. The first-order valence-electron chi connectivity index (χ1n) is 5.93. The van der Waals surface area contributed by atoms with Crippen LogP contribution in [0.25, 0.3) is 0 Å². The van der Waals surface area contributed by atoms with E-state index in [1.54, 1.807) is 6.07 Å². The minimum atomic E-state index is -0.164. The second kappa shape index (κ2) is 6.92. The van der Waals surface area contributed by atoms with Crippen molar-refractivity contribution in [2.45, 2.75) is 32.7 Å². The van der Waals surface area contributed by atoms with Gasteiger partial charge in [0.1, 0.15) is 5.82 Å². The van der Waals surface area contributed by atoms with Gasteiger partial charge in [-0.25, -0.2) is 4.39 Å². The number of rotatable bonds is 6. The van der Waals surface area contributed by atoms with Gasteiger partial charge in [-0.05, 0) is 37.6 Å². The lowest BCUT2D eigenvalue weighted by Gasteiger charge is -2.20. The number of hydrogen-bond donors (Lipinski definition) is 1. The zero-order valence-electron chi connectivity index (χ0n) is 10.4. The highest BCUT2D eigenvalue weighted by Crippen LogP contribution is 2.26. The van der Waals surface area contributed by atoms with Crippen molar-refractivity contribution in [2.24, 2.45) is 0 Å². The van der Waals surface area contributed by atoms with Gasteiger partial charge in [0.2, 0.25) is 0 Å². The molecule has 0 aliphatic carbocycles. The maximum Gasteiger partial charge on any atom is 0.128 e. The van der Waals surface area contributed by atoms with E-state index < -0.39 is 0 Å². The summed E-state index contributed by atoms with van der Waals surface area (Å²) in [7, 11) is 0. The molecule has 3 heteroatoms. The Hall–Kier alpha value is -0.670. The van der Waals surface area contributed by atoms with E-state index in [1.165, 1.54) is 6.07 Å². The van der Waals surface area contributed by atoms with Crippen LogP contribution in [-0.4, -0.2) is 6.54 Å². The third kappa shape index (κ3) is 4.25. The molecule has 1 N–H and O–H groups in total. The van der Waals surface area contributed by atoms with Gasteiger partial charge in [-0.15, -0.1) is 0 Å². The lowest BCUT2D eigenvalue weighted by molar-refractivity contribution is 0.505. The Bertz CT molecular complexity index is 390. The molecule has 0 heterocycles. The van der Waals surface area contributed by atoms with Gasteiger partial charge in [-0.3, -0.25) is 0 Å². The lowest BCUT2D eigenvalue weighted by Crippen LogP contribution is -2.22. The van der Waals surface area contributed by atoms with Crippen LogP contribution in [0, 0.1) is 5.82 Å². The second-order valence-corrected chi connectivity index (χ2v) is 5.00. The summed E-state index contributed by atoms with van der Waals surface area (Å²) in [6.07, 6.45) is 1.70. The minimum Gasteiger partial charge on any atom is -0.310 e. The molecule has 0 aromatic heterocycles. The molecule has 1 aromatic carbocycles. The summed E-state index contributed by atoms with van der Waals surface area (Å²) in [6, 6.07) is 5.06. The highest BCUT2D eigenvalue weighted by Gasteiger charge is 2.15. The third-order valence-corrected chi connectivity index (χ3v) is 3.27. The summed E-state index contributed by atoms with van der Waals surface area (Å²) in [5.41, 5.74) is 1.84. The van der Waals surface area contributed by atoms with E-state index in [9.17, 15) is 4.39 Å². The van der Waals surface area contributed by atoms with Crippen LogP contribution in [0.2, 0.25) is 0 Å². The fourth-order valence-corrected chi connectivity index (χ4v) is 2.13. The molecule has 0 spiro atoms. The summed E-state index contributed by atoms with van der Waals surface area (Å²) < 4.78 is 14.7. The van der Waals surface area contributed by atoms with Gasteiger partial charge >= 0.3 is 0 Å². The molecule has 1 rings (SSSR count). The van der Waals surface area contributed by atoms with Gasteiger partial charge < -0.3 is 5.32 Å². The molecular formula is C14H19BrFN. The highest BCUT2D eigenvalue weighted by atomic mass is 79.9. The van der Waals surface area contributed by atoms with E-state index in [1.807, 2.05) is 13.0 Å². The van der Waals surface area contributed by atoms with Crippen LogP contribution < -0.4 is 5.32 Å². The Morgan fingerprint density at radius 3 is 2.76 bits per heavy atom. The van der Waals surface area contributed by atoms with Crippen molar-refractivity contribution in [3.63, 3.8) is 0 Å². The average Bonchev–Trinajstić information content (AvgIpc) is 2.31. The zero-order valence-corrected chi connectivity index (χ0v) is 12.0. The maximum atomic E-state index is 13.8. The van der Waals surface area contributed by atoms with E-state index in [2.05, 4.69) is 34.7 Å². The maximum absolute atomic E-state index is 13.8. The molecule has 0 bridgehead atoms. The predicted molar refractivity (Wildman–Crippen MR) is 74.6 cm³/mol. The van der Waals surface area contributed by atoms with Crippen LogP contribution in [0.1, 0.15) is 38.3 Å². The normalized spacial score (nSPS) is 12.5. The smallest absolute Gasteiger partial charge is 0.128 e. The molecule has 0 saturated heterocycles. The van der Waals surface area contributed by atoms with Gasteiger partial charge in [0.15, 0.2) is 0 Å². The van der Waals surface area contributed by atoms with E-state index >= 15 is 0 Å². The largest absolute Gasteiger partial charge is 0.310 e. The summed E-state index contributed by atoms with van der Waals surface area (Å²) in [6.45, 7) is 8.91. The highest BCUT2D eigenvalue weighted by molar-refractivity contribution is 9.10. The van der Waals surface area contributed by atoms with Crippen LogP contribution in [0.5, 0.6) is 0 Å². The van der Waals surface area contributed by atoms with Crippen molar-refractivity contribution in [3.05, 3.63) is 46.2 Å². The van der Waals surface area contributed by atoms with E-state index in [0.29, 0.717) is 5.56 Å². The number of benzene rings is 1. The van der Waals surface area contributed by atoms with Gasteiger partial charge in [0.25, 0.3) is 0 Å². The Morgan fingerprint density at radius 1 is 1.47 bits per heavy atom. The molecule has 1 atom stereocenters. The van der Waals surface area contributed by atoms with Crippen molar-refractivity contribution in [2.75, 3.05) is 6.54 Å². The Labute approximate surface area is 111 Å². The van der Waals surface area contributed by atoms with Crippen LogP contribution in [-0.2, 0) is 0 Å². The fraction of sp³-hybridized carbons (Fsp3) is 0.429. The lowest BCUT2D eigenvalue weighted by atomic mass is 9.98. The van der Waals surface area contributed by atoms with E-state index in [4.69, 9.17) is 0 Å². The zero-order chi connectivity index (χ0) is 12.8. The third-order valence-electron chi connectivity index (χ3n) is 2.78. The molecule has 1 unspecified atom stereocenters. The molecule has 0 aliphatic rings. The molecule has 0 fully saturated rings. The van der Waals surface area contributed by atoms with Crippen molar-refractivity contribution < 1.29 is 4.39 Å². The Kier molecular flexibility index (Phi) is 5.86. The van der Waals surface area contributed by atoms with Gasteiger partial charge in [-0.1, -0.05) is 41.9 Å². The van der Waals surface area contributed by atoms with Gasteiger partial charge in [-0.2, -0.15) is 0 Å². The van der Waals surface area contributed by atoms with Crippen molar-refractivity contribution in [3.8, 4) is 0 Å². The SMILES string of the molecule is C=C(CC)CC(NCC)c1cc(Br)ccc1F. The van der Waals surface area contributed by atoms with Crippen molar-refractivity contribution >= 4 is 15.9 Å². The summed E-state index contributed by atoms with van der Waals surface area (Å²) >= 11 is 3.38. The molecule has 1 aromatic rings. The molecule has 0 radical (unpaired) electrons. The minimum absolute atomic E-state index is 0.00458. The van der Waals surface area contributed by atoms with E-state index in [-0.39, 0.29) is 11.9 Å². The van der Waals surface area contributed by atoms with E-state index in [0.717, 1.165) is 29.4 Å². The standard InChI is InChI=1S/C14H19BrFN/c1-4-10(3)8-14(17-5-2)12-9-11(15)6-7-13(12)16/h6-7,9,14,17H,3-5,8H2,1-2H3. The first kappa shape index (κ1) is 14.4. The van der Waals surface area contributed by atoms with Crippen LogP contribution in [0.3, 0.4) is 0 Å². The van der Waals surface area contributed by atoms with Gasteiger partial charge in [0, 0.05) is 16.1 Å². The number of nitrogens with one attached hydrogen (secondary N) is 1. The van der Waals surface area contributed by atoms with Crippen LogP contribution in [0.4, 0.5) is 4.39 Å². The second-order valence-electron chi connectivity index (χ2n) is 4.08. The first-order chi connectivity index (χ1) is 8.08. The molecule has 0 amide bonds. The summed E-state index contributed by atoms with van der Waals surface area (Å²) in [5, 5.41) is 3.31. The average molecular weight is 300 g/mol. The van der Waals surface area contributed by atoms with Crippen LogP contribution in [0.15, 0.2) is 34.8 Å². The summed E-state index contributed by atoms with van der Waals surface area (Å²) in [5.74, 6) is -0.164. The van der Waals surface area contributed by atoms with Crippen molar-refractivity contribution in [1.29, 1.82) is 0 Å². The molecule has 0 aliphatic heterocycles. The topological polar surface area (TPSA) is 12.0 Å².